The highest BCUT2D eigenvalue weighted by molar-refractivity contribution is 6.31. The van der Waals surface area contributed by atoms with Crippen molar-refractivity contribution in [2.75, 3.05) is 25.9 Å². The Bertz CT molecular complexity index is 608. The lowest BCUT2D eigenvalue weighted by Gasteiger charge is -2.22. The normalized spacial score (nSPS) is 21.4. The predicted molar refractivity (Wildman–Crippen MR) is 76.5 cm³/mol. The van der Waals surface area contributed by atoms with Crippen molar-refractivity contribution in [3.63, 3.8) is 0 Å². The minimum absolute atomic E-state index is 0.00844. The molecule has 0 spiro atoms. The Morgan fingerprint density at radius 2 is 2.14 bits per heavy atom. The van der Waals surface area contributed by atoms with Crippen molar-refractivity contribution in [3.05, 3.63) is 28.5 Å². The number of benzene rings is 1. The van der Waals surface area contributed by atoms with Crippen molar-refractivity contribution in [2.45, 2.75) is 13.3 Å². The maximum atomic E-state index is 13.6. The van der Waals surface area contributed by atoms with E-state index < -0.39 is 17.1 Å². The van der Waals surface area contributed by atoms with Crippen LogP contribution in [-0.4, -0.2) is 37.0 Å². The van der Waals surface area contributed by atoms with Gasteiger partial charge in [0.05, 0.1) is 23.8 Å². The summed E-state index contributed by atoms with van der Waals surface area (Å²) in [6.07, 6.45) is 0.481. The Labute approximate surface area is 126 Å². The molecule has 1 amide bonds. The number of nitrogen functional groups attached to an aromatic ring is 1. The Morgan fingerprint density at radius 1 is 1.48 bits per heavy atom. The van der Waals surface area contributed by atoms with Crippen molar-refractivity contribution >= 4 is 29.2 Å². The average molecular weight is 315 g/mol. The summed E-state index contributed by atoms with van der Waals surface area (Å²) in [5.41, 5.74) is 4.62. The van der Waals surface area contributed by atoms with E-state index in [4.69, 9.17) is 22.1 Å². The van der Waals surface area contributed by atoms with Crippen LogP contribution < -0.4 is 5.73 Å². The molecule has 1 saturated heterocycles. The standard InChI is InChI=1S/C14H16ClFN2O3/c1-14(13(20)21-2)3-4-18(7-14)12(19)9-5-8(15)6-10(16)11(9)17/h5-6H,3-4,7,17H2,1-2H3. The van der Waals surface area contributed by atoms with Crippen molar-refractivity contribution in [1.29, 1.82) is 0 Å². The molecule has 1 heterocycles. The van der Waals surface area contributed by atoms with E-state index in [-0.39, 0.29) is 28.8 Å². The number of halogens is 2. The molecule has 114 valence electrons. The summed E-state index contributed by atoms with van der Waals surface area (Å²) in [4.78, 5) is 25.6. The maximum Gasteiger partial charge on any atom is 0.313 e. The van der Waals surface area contributed by atoms with Gasteiger partial charge in [-0.1, -0.05) is 11.6 Å². The summed E-state index contributed by atoms with van der Waals surface area (Å²) in [6, 6.07) is 2.38. The lowest BCUT2D eigenvalue weighted by atomic mass is 9.90. The van der Waals surface area contributed by atoms with Crippen molar-refractivity contribution in [3.8, 4) is 0 Å². The number of hydrogen-bond acceptors (Lipinski definition) is 4. The highest BCUT2D eigenvalue weighted by Crippen LogP contribution is 2.33. The zero-order valence-corrected chi connectivity index (χ0v) is 12.5. The van der Waals surface area contributed by atoms with Crippen LogP contribution in [0.5, 0.6) is 0 Å². The van der Waals surface area contributed by atoms with Crippen LogP contribution in [0.15, 0.2) is 12.1 Å². The first-order chi connectivity index (χ1) is 9.78. The van der Waals surface area contributed by atoms with Gasteiger partial charge < -0.3 is 15.4 Å². The van der Waals surface area contributed by atoms with Gasteiger partial charge in [-0.3, -0.25) is 9.59 Å². The molecule has 0 aliphatic carbocycles. The van der Waals surface area contributed by atoms with Crippen LogP contribution in [0.2, 0.25) is 5.02 Å². The minimum atomic E-state index is -0.754. The number of likely N-dealkylation sites (tertiary alicyclic amines) is 1. The van der Waals surface area contributed by atoms with Crippen LogP contribution in [-0.2, 0) is 9.53 Å². The first-order valence-electron chi connectivity index (χ1n) is 6.41. The molecule has 5 nitrogen and oxygen atoms in total. The van der Waals surface area contributed by atoms with Gasteiger partial charge in [0.1, 0.15) is 5.82 Å². The number of nitrogens with zero attached hydrogens (tertiary/aromatic N) is 1. The molecule has 1 atom stereocenters. The van der Waals surface area contributed by atoms with E-state index in [0.29, 0.717) is 13.0 Å². The minimum Gasteiger partial charge on any atom is -0.469 e. The van der Waals surface area contributed by atoms with Gasteiger partial charge in [-0.15, -0.1) is 0 Å². The molecule has 1 fully saturated rings. The summed E-state index contributed by atoms with van der Waals surface area (Å²) < 4.78 is 18.3. The van der Waals surface area contributed by atoms with E-state index in [1.165, 1.54) is 18.1 Å². The van der Waals surface area contributed by atoms with Crippen molar-refractivity contribution in [2.24, 2.45) is 5.41 Å². The van der Waals surface area contributed by atoms with Gasteiger partial charge in [-0.05, 0) is 25.5 Å². The highest BCUT2D eigenvalue weighted by atomic mass is 35.5. The number of carbonyl (C=O) groups excluding carboxylic acids is 2. The van der Waals surface area contributed by atoms with Gasteiger partial charge >= 0.3 is 5.97 Å². The second-order valence-corrected chi connectivity index (χ2v) is 5.81. The van der Waals surface area contributed by atoms with Crippen LogP contribution >= 0.6 is 11.6 Å². The van der Waals surface area contributed by atoms with E-state index in [2.05, 4.69) is 0 Å². The lowest BCUT2D eigenvalue weighted by Crippen LogP contribution is -2.36. The number of anilines is 1. The summed E-state index contributed by atoms with van der Waals surface area (Å²) in [5, 5.41) is 0.0972. The third kappa shape index (κ3) is 2.81. The van der Waals surface area contributed by atoms with Gasteiger partial charge in [0.15, 0.2) is 0 Å². The highest BCUT2D eigenvalue weighted by Gasteiger charge is 2.43. The second-order valence-electron chi connectivity index (χ2n) is 5.38. The van der Waals surface area contributed by atoms with Crippen LogP contribution in [0.3, 0.4) is 0 Å². The fraction of sp³-hybridized carbons (Fsp3) is 0.429. The van der Waals surface area contributed by atoms with E-state index in [9.17, 15) is 14.0 Å². The Hall–Kier alpha value is -1.82. The van der Waals surface area contributed by atoms with Gasteiger partial charge in [0.25, 0.3) is 5.91 Å². The number of rotatable bonds is 2. The molecule has 2 rings (SSSR count). The first kappa shape index (κ1) is 15.6. The van der Waals surface area contributed by atoms with Crippen LogP contribution in [0.25, 0.3) is 0 Å². The third-order valence-corrected chi connectivity index (χ3v) is 3.98. The molecule has 2 N–H and O–H groups in total. The summed E-state index contributed by atoms with van der Waals surface area (Å²) in [6.45, 7) is 2.30. The lowest BCUT2D eigenvalue weighted by molar-refractivity contribution is -0.150. The molecule has 7 heteroatoms. The van der Waals surface area contributed by atoms with Crippen LogP contribution in [0, 0.1) is 11.2 Å². The fourth-order valence-electron chi connectivity index (χ4n) is 2.48. The largest absolute Gasteiger partial charge is 0.469 e. The number of esters is 1. The molecule has 0 saturated carbocycles. The first-order valence-corrected chi connectivity index (χ1v) is 6.78. The number of amides is 1. The number of carbonyl (C=O) groups is 2. The number of nitrogens with two attached hydrogens (primary N) is 1. The predicted octanol–water partition coefficient (Wildman–Crippen LogP) is 2.09. The molecule has 1 unspecified atom stereocenters. The maximum absolute atomic E-state index is 13.6. The Balaban J connectivity index is 2.25. The van der Waals surface area contributed by atoms with Gasteiger partial charge in [-0.25, -0.2) is 4.39 Å². The summed E-state index contributed by atoms with van der Waals surface area (Å²) >= 11 is 5.76. The molecular weight excluding hydrogens is 299 g/mol. The van der Waals surface area contributed by atoms with E-state index >= 15 is 0 Å². The monoisotopic (exact) mass is 314 g/mol. The summed E-state index contributed by atoms with van der Waals surface area (Å²) in [5.74, 6) is -1.55. The zero-order valence-electron chi connectivity index (χ0n) is 11.8. The van der Waals surface area contributed by atoms with E-state index in [1.807, 2.05) is 0 Å². The molecule has 0 radical (unpaired) electrons. The molecular formula is C14H16ClFN2O3. The molecule has 1 aromatic carbocycles. The Morgan fingerprint density at radius 3 is 2.76 bits per heavy atom. The second kappa shape index (κ2) is 5.52. The van der Waals surface area contributed by atoms with Gasteiger partial charge in [0, 0.05) is 18.1 Å². The zero-order chi connectivity index (χ0) is 15.8. The topological polar surface area (TPSA) is 72.6 Å². The molecule has 21 heavy (non-hydrogen) atoms. The quantitative estimate of drug-likeness (QED) is 0.670. The number of methoxy groups -OCH3 is 1. The average Bonchev–Trinajstić information content (AvgIpc) is 2.85. The Kier molecular flexibility index (Phi) is 4.09. The van der Waals surface area contributed by atoms with E-state index in [0.717, 1.165) is 6.07 Å². The molecule has 1 aromatic rings. The van der Waals surface area contributed by atoms with E-state index in [1.54, 1.807) is 6.92 Å². The molecule has 0 aromatic heterocycles. The smallest absolute Gasteiger partial charge is 0.313 e. The molecule has 0 bridgehead atoms. The SMILES string of the molecule is COC(=O)C1(C)CCN(C(=O)c2cc(Cl)cc(F)c2N)C1. The fourth-order valence-corrected chi connectivity index (χ4v) is 2.68. The third-order valence-electron chi connectivity index (χ3n) is 3.76. The van der Waals surface area contributed by atoms with Crippen LogP contribution in [0.4, 0.5) is 10.1 Å². The summed E-state index contributed by atoms with van der Waals surface area (Å²) in [7, 11) is 1.31. The van der Waals surface area contributed by atoms with Crippen molar-refractivity contribution in [1.82, 2.24) is 4.90 Å². The molecule has 1 aliphatic rings. The molecule has 1 aliphatic heterocycles. The van der Waals surface area contributed by atoms with Gasteiger partial charge in [0.2, 0.25) is 0 Å². The van der Waals surface area contributed by atoms with Crippen LogP contribution in [0.1, 0.15) is 23.7 Å². The number of hydrogen-bond donors (Lipinski definition) is 1. The van der Waals surface area contributed by atoms with Crippen molar-refractivity contribution < 1.29 is 18.7 Å². The number of ether oxygens (including phenoxy) is 1. The van der Waals surface area contributed by atoms with Gasteiger partial charge in [-0.2, -0.15) is 0 Å².